The molecule has 2 atom stereocenters. The van der Waals surface area contributed by atoms with E-state index in [1.807, 2.05) is 30.3 Å². The van der Waals surface area contributed by atoms with Crippen LogP contribution in [0.1, 0.15) is 17.5 Å². The molecule has 1 N–H and O–H groups in total. The fraction of sp³-hybridized carbons (Fsp3) is 0.333. The molecule has 122 valence electrons. The first-order valence-electron chi connectivity index (χ1n) is 7.51. The van der Waals surface area contributed by atoms with Crippen molar-refractivity contribution in [3.05, 3.63) is 65.7 Å². The molecule has 0 aliphatic carbocycles. The van der Waals surface area contributed by atoms with Gasteiger partial charge in [0, 0.05) is 18.3 Å². The van der Waals surface area contributed by atoms with Crippen LogP contribution in [0.4, 0.5) is 18.9 Å². The van der Waals surface area contributed by atoms with Crippen molar-refractivity contribution in [2.45, 2.75) is 30.7 Å². The largest absolute Gasteiger partial charge is 0.423 e. The Balaban J connectivity index is 1.95. The van der Waals surface area contributed by atoms with E-state index in [1.165, 1.54) is 12.1 Å². The summed E-state index contributed by atoms with van der Waals surface area (Å²) in [5, 5.41) is 10.6. The van der Waals surface area contributed by atoms with E-state index in [2.05, 4.69) is 0 Å². The molecule has 3 rings (SSSR count). The topological polar surface area (TPSA) is 23.5 Å². The molecule has 0 amide bonds. The summed E-state index contributed by atoms with van der Waals surface area (Å²) in [5.41, 5.74) is -1.51. The van der Waals surface area contributed by atoms with Crippen molar-refractivity contribution in [1.82, 2.24) is 0 Å². The van der Waals surface area contributed by atoms with Crippen LogP contribution in [-0.4, -0.2) is 24.4 Å². The number of anilines is 1. The summed E-state index contributed by atoms with van der Waals surface area (Å²) in [5.74, 6) is 0. The summed E-state index contributed by atoms with van der Waals surface area (Å²) < 4.78 is 41.1. The summed E-state index contributed by atoms with van der Waals surface area (Å²) in [7, 11) is 1.61. The number of halogens is 3. The monoisotopic (exact) mass is 321 g/mol. The van der Waals surface area contributed by atoms with Gasteiger partial charge in [0.25, 0.3) is 0 Å². The van der Waals surface area contributed by atoms with Gasteiger partial charge in [-0.2, -0.15) is 13.2 Å². The third-order valence-corrected chi connectivity index (χ3v) is 4.63. The van der Waals surface area contributed by atoms with Crippen molar-refractivity contribution in [3.63, 3.8) is 0 Å². The lowest BCUT2D eigenvalue weighted by Gasteiger charge is -2.35. The van der Waals surface area contributed by atoms with E-state index in [-0.39, 0.29) is 12.0 Å². The number of aryl methyl sites for hydroxylation is 1. The number of benzene rings is 2. The second-order valence-electron chi connectivity index (χ2n) is 5.93. The van der Waals surface area contributed by atoms with Gasteiger partial charge in [-0.25, -0.2) is 0 Å². The van der Waals surface area contributed by atoms with Gasteiger partial charge in [0.1, 0.15) is 0 Å². The molecule has 0 aromatic heterocycles. The molecule has 2 aromatic carbocycles. The zero-order valence-corrected chi connectivity index (χ0v) is 12.7. The summed E-state index contributed by atoms with van der Waals surface area (Å²) in [6.45, 7) is 0. The number of likely N-dealkylation sites (N-methyl/N-ethyl adjacent to an activating group) is 1. The van der Waals surface area contributed by atoms with E-state index in [4.69, 9.17) is 0 Å². The highest BCUT2D eigenvalue weighted by Gasteiger charge is 2.64. The summed E-state index contributed by atoms with van der Waals surface area (Å²) in [4.78, 5) is 1.55. The van der Waals surface area contributed by atoms with Gasteiger partial charge in [-0.15, -0.1) is 0 Å². The molecule has 5 heteroatoms. The van der Waals surface area contributed by atoms with Crippen molar-refractivity contribution in [3.8, 4) is 0 Å². The lowest BCUT2D eigenvalue weighted by Crippen LogP contribution is -2.53. The second kappa shape index (κ2) is 5.57. The Morgan fingerprint density at radius 3 is 2.30 bits per heavy atom. The number of nitrogens with zero attached hydrogens (tertiary/aromatic N) is 1. The molecule has 23 heavy (non-hydrogen) atoms. The van der Waals surface area contributed by atoms with Crippen LogP contribution < -0.4 is 4.90 Å². The highest BCUT2D eigenvalue weighted by Crippen LogP contribution is 2.52. The summed E-state index contributed by atoms with van der Waals surface area (Å²) in [6.07, 6.45) is -4.04. The van der Waals surface area contributed by atoms with Gasteiger partial charge in [0.05, 0.1) is 6.04 Å². The Kier molecular flexibility index (Phi) is 3.84. The minimum Gasteiger partial charge on any atom is -0.375 e. The van der Waals surface area contributed by atoms with E-state index < -0.39 is 17.8 Å². The van der Waals surface area contributed by atoms with Crippen LogP contribution in [0.3, 0.4) is 0 Å². The molecule has 2 aromatic rings. The average Bonchev–Trinajstić information content (AvgIpc) is 2.76. The Labute approximate surface area is 133 Å². The van der Waals surface area contributed by atoms with Crippen LogP contribution >= 0.6 is 0 Å². The van der Waals surface area contributed by atoms with Crippen molar-refractivity contribution in [2.75, 3.05) is 11.9 Å². The number of fused-ring (bicyclic) bond motifs is 1. The molecule has 0 unspecified atom stereocenters. The molecule has 1 aliphatic rings. The van der Waals surface area contributed by atoms with E-state index in [1.54, 1.807) is 24.1 Å². The molecule has 1 heterocycles. The molecule has 0 fully saturated rings. The first-order valence-corrected chi connectivity index (χ1v) is 7.51. The highest BCUT2D eigenvalue weighted by molar-refractivity contribution is 5.63. The van der Waals surface area contributed by atoms with Gasteiger partial charge >= 0.3 is 6.18 Å². The maximum Gasteiger partial charge on any atom is 0.423 e. The van der Waals surface area contributed by atoms with E-state index >= 15 is 0 Å². The van der Waals surface area contributed by atoms with Crippen molar-refractivity contribution >= 4 is 5.69 Å². The molecular weight excluding hydrogens is 303 g/mol. The lowest BCUT2D eigenvalue weighted by molar-refractivity contribution is -0.271. The van der Waals surface area contributed by atoms with Crippen LogP contribution in [0.5, 0.6) is 0 Å². The number of para-hydroxylation sites is 1. The predicted molar refractivity (Wildman–Crippen MR) is 83.3 cm³/mol. The molecule has 0 radical (unpaired) electrons. The number of hydrogen-bond acceptors (Lipinski definition) is 2. The van der Waals surface area contributed by atoms with Crippen LogP contribution in [-0.2, 0) is 12.0 Å². The van der Waals surface area contributed by atoms with Gasteiger partial charge in [-0.05, 0) is 24.5 Å². The Morgan fingerprint density at radius 1 is 1.04 bits per heavy atom. The molecule has 0 spiro atoms. The van der Waals surface area contributed by atoms with E-state index in [0.717, 1.165) is 5.56 Å². The number of aliphatic hydroxyl groups is 1. The Bertz CT molecular complexity index is 686. The van der Waals surface area contributed by atoms with Crippen LogP contribution in [0, 0.1) is 0 Å². The molecule has 2 nitrogen and oxygen atoms in total. The normalized spacial score (nSPS) is 23.9. The number of hydrogen-bond donors (Lipinski definition) is 1. The van der Waals surface area contributed by atoms with Crippen molar-refractivity contribution < 1.29 is 18.3 Å². The number of alkyl halides is 3. The maximum atomic E-state index is 13.7. The summed E-state index contributed by atoms with van der Waals surface area (Å²) >= 11 is 0. The van der Waals surface area contributed by atoms with E-state index in [0.29, 0.717) is 12.1 Å². The summed E-state index contributed by atoms with van der Waals surface area (Å²) in [6, 6.07) is 14.5. The molecule has 1 aliphatic heterocycles. The van der Waals surface area contributed by atoms with Crippen LogP contribution in [0.15, 0.2) is 54.6 Å². The van der Waals surface area contributed by atoms with Gasteiger partial charge in [0.2, 0.25) is 5.60 Å². The van der Waals surface area contributed by atoms with Gasteiger partial charge in [0.15, 0.2) is 0 Å². The van der Waals surface area contributed by atoms with Gasteiger partial charge < -0.3 is 10.0 Å². The van der Waals surface area contributed by atoms with Gasteiger partial charge in [-0.1, -0.05) is 48.5 Å². The van der Waals surface area contributed by atoms with Crippen LogP contribution in [0.25, 0.3) is 0 Å². The smallest absolute Gasteiger partial charge is 0.375 e. The molecule has 0 bridgehead atoms. The standard InChI is InChI=1S/C18H18F3NO/c1-22-15-10-6-5-9-14(15)17(23,18(19,20)21)16(22)12-11-13-7-3-2-4-8-13/h2-10,16,23H,11-12H2,1H3/t16-,17-/m1/s1. The number of rotatable bonds is 3. The first-order chi connectivity index (χ1) is 10.9. The quantitative estimate of drug-likeness (QED) is 0.927. The Morgan fingerprint density at radius 2 is 1.65 bits per heavy atom. The zero-order chi connectivity index (χ0) is 16.7. The van der Waals surface area contributed by atoms with Crippen molar-refractivity contribution in [1.29, 1.82) is 0 Å². The third-order valence-electron chi connectivity index (χ3n) is 4.63. The van der Waals surface area contributed by atoms with Crippen molar-refractivity contribution in [2.24, 2.45) is 0 Å². The van der Waals surface area contributed by atoms with Crippen LogP contribution in [0.2, 0.25) is 0 Å². The minimum atomic E-state index is -4.73. The molecule has 0 saturated carbocycles. The average molecular weight is 321 g/mol. The molecular formula is C18H18F3NO. The maximum absolute atomic E-state index is 13.7. The second-order valence-corrected chi connectivity index (χ2v) is 5.93. The third kappa shape index (κ3) is 2.49. The SMILES string of the molecule is CN1c2ccccc2[C@](O)(C(F)(F)F)[C@H]1CCc1ccccc1. The fourth-order valence-corrected chi connectivity index (χ4v) is 3.42. The fourth-order valence-electron chi connectivity index (χ4n) is 3.42. The van der Waals surface area contributed by atoms with Gasteiger partial charge in [-0.3, -0.25) is 0 Å². The molecule has 0 saturated heterocycles. The minimum absolute atomic E-state index is 0.0620. The zero-order valence-electron chi connectivity index (χ0n) is 12.7. The Hall–Kier alpha value is -2.01. The first kappa shape index (κ1) is 15.9. The highest BCUT2D eigenvalue weighted by atomic mass is 19.4. The lowest BCUT2D eigenvalue weighted by atomic mass is 9.85. The van der Waals surface area contributed by atoms with E-state index in [9.17, 15) is 18.3 Å². The predicted octanol–water partition coefficient (Wildman–Crippen LogP) is 3.89.